The smallest absolute Gasteiger partial charge is 0.258 e. The Kier molecular flexibility index (Phi) is 4.20. The highest BCUT2D eigenvalue weighted by Gasteiger charge is 2.16. The number of amides is 1. The Morgan fingerprint density at radius 2 is 2.25 bits per heavy atom. The molecule has 1 aliphatic rings. The van der Waals surface area contributed by atoms with Gasteiger partial charge in [-0.25, -0.2) is 4.98 Å². The lowest BCUT2D eigenvalue weighted by Gasteiger charge is -2.22. The van der Waals surface area contributed by atoms with Crippen LogP contribution < -0.4 is 5.32 Å². The van der Waals surface area contributed by atoms with Crippen molar-refractivity contribution in [3.05, 3.63) is 18.3 Å². The van der Waals surface area contributed by atoms with Crippen molar-refractivity contribution in [3.63, 3.8) is 0 Å². The lowest BCUT2D eigenvalue weighted by molar-refractivity contribution is -0.119. The van der Waals surface area contributed by atoms with Crippen LogP contribution in [0.1, 0.15) is 32.1 Å². The van der Waals surface area contributed by atoms with Gasteiger partial charge in [0.15, 0.2) is 11.2 Å². The molecule has 0 aliphatic heterocycles. The van der Waals surface area contributed by atoms with Crippen molar-refractivity contribution in [2.24, 2.45) is 0 Å². The van der Waals surface area contributed by atoms with Crippen LogP contribution in [0.5, 0.6) is 0 Å². The maximum Gasteiger partial charge on any atom is 0.258 e. The minimum absolute atomic E-state index is 0.0529. The summed E-state index contributed by atoms with van der Waals surface area (Å²) in [6.07, 6.45) is 7.60. The lowest BCUT2D eigenvalue weighted by atomic mass is 9.95. The zero-order valence-corrected chi connectivity index (χ0v) is 12.0. The van der Waals surface area contributed by atoms with E-state index in [-0.39, 0.29) is 5.91 Å². The number of thioether (sulfide) groups is 1. The van der Waals surface area contributed by atoms with E-state index in [0.29, 0.717) is 28.2 Å². The molecule has 2 aromatic heterocycles. The normalized spacial score (nSPS) is 16.4. The van der Waals surface area contributed by atoms with Crippen LogP contribution in [-0.4, -0.2) is 27.7 Å². The molecule has 20 heavy (non-hydrogen) atoms. The Labute approximate surface area is 121 Å². The predicted octanol–water partition coefficient (Wildman–Crippen LogP) is 2.76. The summed E-state index contributed by atoms with van der Waals surface area (Å²) in [7, 11) is 0. The van der Waals surface area contributed by atoms with Gasteiger partial charge in [0.05, 0.1) is 5.75 Å². The second-order valence-electron chi connectivity index (χ2n) is 5.00. The molecule has 0 aromatic carbocycles. The predicted molar refractivity (Wildman–Crippen MR) is 77.5 cm³/mol. The Hall–Kier alpha value is -1.56. The Morgan fingerprint density at radius 3 is 3.05 bits per heavy atom. The van der Waals surface area contributed by atoms with Gasteiger partial charge in [0.1, 0.15) is 0 Å². The SMILES string of the molecule is O=C(CSc1nc2ncccc2o1)NC1CCCCC1. The Morgan fingerprint density at radius 1 is 1.40 bits per heavy atom. The number of hydrogen-bond acceptors (Lipinski definition) is 5. The van der Waals surface area contributed by atoms with Crippen molar-refractivity contribution in [3.8, 4) is 0 Å². The summed E-state index contributed by atoms with van der Waals surface area (Å²) in [6, 6.07) is 3.97. The van der Waals surface area contributed by atoms with Crippen LogP contribution in [0.15, 0.2) is 28.0 Å². The van der Waals surface area contributed by atoms with Crippen molar-refractivity contribution < 1.29 is 9.21 Å². The van der Waals surface area contributed by atoms with Gasteiger partial charge in [-0.1, -0.05) is 31.0 Å². The Balaban J connectivity index is 1.51. The third-order valence-electron chi connectivity index (χ3n) is 3.44. The number of fused-ring (bicyclic) bond motifs is 1. The molecule has 6 heteroatoms. The molecule has 1 aliphatic carbocycles. The van der Waals surface area contributed by atoms with E-state index in [9.17, 15) is 4.79 Å². The van der Waals surface area contributed by atoms with Gasteiger partial charge in [-0.05, 0) is 25.0 Å². The van der Waals surface area contributed by atoms with Gasteiger partial charge in [-0.15, -0.1) is 0 Å². The molecule has 3 rings (SSSR count). The summed E-state index contributed by atoms with van der Waals surface area (Å²) in [4.78, 5) is 20.2. The molecule has 1 N–H and O–H groups in total. The van der Waals surface area contributed by atoms with Crippen molar-refractivity contribution in [1.29, 1.82) is 0 Å². The molecule has 2 aromatic rings. The molecule has 0 atom stereocenters. The molecule has 0 saturated heterocycles. The number of carbonyl (C=O) groups excluding carboxylic acids is 1. The molecule has 5 nitrogen and oxygen atoms in total. The van der Waals surface area contributed by atoms with E-state index in [0.717, 1.165) is 12.8 Å². The number of oxazole rings is 1. The standard InChI is InChI=1S/C14H17N3O2S/c18-12(16-10-5-2-1-3-6-10)9-20-14-17-13-11(19-14)7-4-8-15-13/h4,7-8,10H,1-3,5-6,9H2,(H,16,18). The summed E-state index contributed by atoms with van der Waals surface area (Å²) in [5, 5.41) is 3.58. The van der Waals surface area contributed by atoms with Crippen LogP contribution in [0.3, 0.4) is 0 Å². The van der Waals surface area contributed by atoms with E-state index >= 15 is 0 Å². The summed E-state index contributed by atoms with van der Waals surface area (Å²) < 4.78 is 5.52. The molecule has 0 spiro atoms. The highest BCUT2D eigenvalue weighted by molar-refractivity contribution is 7.99. The largest absolute Gasteiger partial charge is 0.430 e. The minimum atomic E-state index is 0.0529. The number of rotatable bonds is 4. The monoisotopic (exact) mass is 291 g/mol. The maximum absolute atomic E-state index is 11.9. The van der Waals surface area contributed by atoms with Gasteiger partial charge < -0.3 is 9.73 Å². The van der Waals surface area contributed by atoms with Crippen LogP contribution >= 0.6 is 11.8 Å². The maximum atomic E-state index is 11.9. The van der Waals surface area contributed by atoms with Gasteiger partial charge in [0.25, 0.3) is 5.22 Å². The number of nitrogens with one attached hydrogen (secondary N) is 1. The first-order valence-electron chi connectivity index (χ1n) is 6.95. The summed E-state index contributed by atoms with van der Waals surface area (Å²) in [6.45, 7) is 0. The number of aromatic nitrogens is 2. The van der Waals surface area contributed by atoms with E-state index in [2.05, 4.69) is 15.3 Å². The van der Waals surface area contributed by atoms with E-state index < -0.39 is 0 Å². The summed E-state index contributed by atoms with van der Waals surface area (Å²) in [5.41, 5.74) is 1.24. The third-order valence-corrected chi connectivity index (χ3v) is 4.27. The topological polar surface area (TPSA) is 68.0 Å². The molecule has 0 bridgehead atoms. The molecule has 0 radical (unpaired) electrons. The van der Waals surface area contributed by atoms with Crippen molar-refractivity contribution >= 4 is 28.9 Å². The fraction of sp³-hybridized carbons (Fsp3) is 0.500. The molecule has 0 unspecified atom stereocenters. The van der Waals surface area contributed by atoms with Crippen LogP contribution in [0, 0.1) is 0 Å². The molecular formula is C14H17N3O2S. The zero-order valence-electron chi connectivity index (χ0n) is 11.2. The number of hydrogen-bond donors (Lipinski definition) is 1. The van der Waals surface area contributed by atoms with Gasteiger partial charge >= 0.3 is 0 Å². The van der Waals surface area contributed by atoms with E-state index in [1.165, 1.54) is 31.0 Å². The summed E-state index contributed by atoms with van der Waals surface area (Å²) in [5.74, 6) is 0.390. The quantitative estimate of drug-likeness (QED) is 0.877. The van der Waals surface area contributed by atoms with E-state index in [1.807, 2.05) is 6.07 Å². The molecule has 106 valence electrons. The van der Waals surface area contributed by atoms with Crippen molar-refractivity contribution in [2.45, 2.75) is 43.4 Å². The van der Waals surface area contributed by atoms with Gasteiger partial charge in [0, 0.05) is 12.2 Å². The molecular weight excluding hydrogens is 274 g/mol. The number of carbonyl (C=O) groups is 1. The average Bonchev–Trinajstić information content (AvgIpc) is 2.89. The fourth-order valence-corrected chi connectivity index (χ4v) is 3.09. The lowest BCUT2D eigenvalue weighted by Crippen LogP contribution is -2.37. The second kappa shape index (κ2) is 6.26. The van der Waals surface area contributed by atoms with Crippen LogP contribution in [-0.2, 0) is 4.79 Å². The van der Waals surface area contributed by atoms with Gasteiger partial charge in [-0.3, -0.25) is 4.79 Å². The van der Waals surface area contributed by atoms with Gasteiger partial charge in [0.2, 0.25) is 5.91 Å². The second-order valence-corrected chi connectivity index (χ2v) is 5.92. The fourth-order valence-electron chi connectivity index (χ4n) is 2.45. The van der Waals surface area contributed by atoms with Crippen molar-refractivity contribution in [1.82, 2.24) is 15.3 Å². The van der Waals surface area contributed by atoms with Crippen LogP contribution in [0.2, 0.25) is 0 Å². The molecule has 1 amide bonds. The first-order valence-corrected chi connectivity index (χ1v) is 7.93. The van der Waals surface area contributed by atoms with Gasteiger partial charge in [-0.2, -0.15) is 4.98 Å². The zero-order chi connectivity index (χ0) is 13.8. The van der Waals surface area contributed by atoms with Crippen LogP contribution in [0.4, 0.5) is 0 Å². The Bertz CT molecular complexity index is 560. The number of pyridine rings is 1. The molecule has 1 saturated carbocycles. The third kappa shape index (κ3) is 3.30. The molecule has 1 fully saturated rings. The number of nitrogens with zero attached hydrogens (tertiary/aromatic N) is 2. The average molecular weight is 291 g/mol. The van der Waals surface area contributed by atoms with Crippen LogP contribution in [0.25, 0.3) is 11.2 Å². The summed E-state index contributed by atoms with van der Waals surface area (Å²) >= 11 is 1.31. The van der Waals surface area contributed by atoms with E-state index in [4.69, 9.17) is 4.42 Å². The van der Waals surface area contributed by atoms with Crippen molar-refractivity contribution in [2.75, 3.05) is 5.75 Å². The minimum Gasteiger partial charge on any atom is -0.430 e. The molecule has 2 heterocycles. The first kappa shape index (κ1) is 13.4. The van der Waals surface area contributed by atoms with E-state index in [1.54, 1.807) is 12.3 Å². The first-order chi connectivity index (χ1) is 9.81. The highest BCUT2D eigenvalue weighted by Crippen LogP contribution is 2.22. The highest BCUT2D eigenvalue weighted by atomic mass is 32.2.